The normalized spacial score (nSPS) is 14.3. The first kappa shape index (κ1) is 17.7. The van der Waals surface area contributed by atoms with Gasteiger partial charge >= 0.3 is 0 Å². The highest BCUT2D eigenvalue weighted by atomic mass is 35.5. The lowest BCUT2D eigenvalue weighted by Crippen LogP contribution is -2.41. The predicted molar refractivity (Wildman–Crippen MR) is 97.7 cm³/mol. The summed E-state index contributed by atoms with van der Waals surface area (Å²) in [5.74, 6) is -0.170. The van der Waals surface area contributed by atoms with Crippen LogP contribution in [0.15, 0.2) is 65.2 Å². The molecule has 1 atom stereocenters. The van der Waals surface area contributed by atoms with Crippen LogP contribution < -0.4 is 0 Å². The van der Waals surface area contributed by atoms with Crippen LogP contribution in [0.3, 0.4) is 0 Å². The summed E-state index contributed by atoms with van der Waals surface area (Å²) in [6, 6.07) is 18.4. The van der Waals surface area contributed by atoms with Crippen LogP contribution in [0.2, 0.25) is 0 Å². The molecule has 2 nitrogen and oxygen atoms in total. The van der Waals surface area contributed by atoms with E-state index < -0.39 is 4.87 Å². The van der Waals surface area contributed by atoms with Gasteiger partial charge in [0.15, 0.2) is 10.7 Å². The van der Waals surface area contributed by atoms with Gasteiger partial charge in [-0.3, -0.25) is 4.79 Å². The molecule has 23 heavy (non-hydrogen) atoms. The molecule has 120 valence electrons. The van der Waals surface area contributed by atoms with Crippen LogP contribution in [-0.2, 0) is 0 Å². The molecule has 4 heteroatoms. The third-order valence-corrected chi connectivity index (χ3v) is 4.49. The van der Waals surface area contributed by atoms with Crippen molar-refractivity contribution in [1.82, 2.24) is 0 Å². The topological polar surface area (TPSA) is 29.4 Å². The van der Waals surface area contributed by atoms with Crippen molar-refractivity contribution in [3.8, 4) is 0 Å². The zero-order chi connectivity index (χ0) is 16.7. The van der Waals surface area contributed by atoms with Gasteiger partial charge in [-0.15, -0.1) is 11.6 Å². The van der Waals surface area contributed by atoms with Gasteiger partial charge < -0.3 is 0 Å². The number of Topliss-reactive ketones (excluding diaryl/α,β-unsaturated/α-hetero) is 1. The molecule has 1 unspecified atom stereocenters. The third-order valence-electron chi connectivity index (χ3n) is 3.78. The van der Waals surface area contributed by atoms with Crippen LogP contribution in [0.5, 0.6) is 0 Å². The molecule has 0 saturated heterocycles. The van der Waals surface area contributed by atoms with E-state index >= 15 is 0 Å². The first-order valence-corrected chi connectivity index (χ1v) is 8.38. The molecule has 2 aromatic carbocycles. The lowest BCUT2D eigenvalue weighted by molar-refractivity contribution is 0.0962. The van der Waals surface area contributed by atoms with Gasteiger partial charge in [0, 0.05) is 17.3 Å². The van der Waals surface area contributed by atoms with Crippen LogP contribution in [0.4, 0.5) is 0 Å². The highest BCUT2D eigenvalue weighted by Gasteiger charge is 2.42. The first-order chi connectivity index (χ1) is 11.1. The van der Waals surface area contributed by atoms with E-state index in [-0.39, 0.29) is 5.78 Å². The summed E-state index contributed by atoms with van der Waals surface area (Å²) in [6.07, 6.45) is 2.23. The van der Waals surface area contributed by atoms with Crippen molar-refractivity contribution in [3.63, 3.8) is 0 Å². The van der Waals surface area contributed by atoms with Crippen LogP contribution >= 0.6 is 23.4 Å². The number of unbranched alkanes of at least 4 members (excludes halogenated alkanes) is 1. The number of hydrogen-bond donors (Lipinski definition) is 0. The fraction of sp³-hybridized carbons (Fsp3) is 0.263. The summed E-state index contributed by atoms with van der Waals surface area (Å²) in [5.41, 5.74) is 1.73. The van der Waals surface area contributed by atoms with Crippen molar-refractivity contribution < 1.29 is 4.79 Å². The average Bonchev–Trinajstić information content (AvgIpc) is 2.61. The molecular formula is C19H19Cl2NO. The largest absolute Gasteiger partial charge is 0.292 e. The minimum atomic E-state index is -1.26. The molecule has 0 aromatic heterocycles. The summed E-state index contributed by atoms with van der Waals surface area (Å²) in [4.78, 5) is 11.8. The quantitative estimate of drug-likeness (QED) is 0.360. The molecule has 0 N–H and O–H groups in total. The molecule has 0 aliphatic carbocycles. The van der Waals surface area contributed by atoms with Crippen molar-refractivity contribution in [2.24, 2.45) is 4.51 Å². The van der Waals surface area contributed by atoms with Gasteiger partial charge in [0.2, 0.25) is 0 Å². The van der Waals surface area contributed by atoms with Crippen molar-refractivity contribution in [2.75, 3.05) is 0 Å². The molecule has 0 fully saturated rings. The Labute approximate surface area is 147 Å². The number of rotatable bonds is 7. The molecule has 0 bridgehead atoms. The molecule has 2 rings (SSSR count). The summed E-state index contributed by atoms with van der Waals surface area (Å²) in [6.45, 7) is 2.06. The van der Waals surface area contributed by atoms with Gasteiger partial charge in [-0.2, -0.15) is 4.51 Å². The number of alkyl halides is 1. The second kappa shape index (κ2) is 8.28. The van der Waals surface area contributed by atoms with Crippen molar-refractivity contribution >= 4 is 34.9 Å². The van der Waals surface area contributed by atoms with E-state index in [4.69, 9.17) is 23.4 Å². The zero-order valence-electron chi connectivity index (χ0n) is 13.0. The van der Waals surface area contributed by atoms with E-state index in [1.54, 1.807) is 12.1 Å². The monoisotopic (exact) mass is 347 g/mol. The van der Waals surface area contributed by atoms with Gasteiger partial charge in [0.25, 0.3) is 0 Å². The Hall–Kier alpha value is -1.64. The average molecular weight is 348 g/mol. The standard InChI is InChI=1S/C19H19Cl2NO/c1-2-3-14-19(20,18(23)16-12-8-5-9-13-16)17(22-21)15-10-6-4-7-11-15/h4-13H,2-3,14H2,1H3/b22-17+. The summed E-state index contributed by atoms with van der Waals surface area (Å²) >= 11 is 12.7. The molecule has 0 aliphatic rings. The van der Waals surface area contributed by atoms with Crippen molar-refractivity contribution in [2.45, 2.75) is 31.1 Å². The van der Waals surface area contributed by atoms with E-state index in [0.29, 0.717) is 17.7 Å². The second-order valence-electron chi connectivity index (χ2n) is 5.40. The predicted octanol–water partition coefficient (Wildman–Crippen LogP) is 5.68. The Morgan fingerprint density at radius 3 is 2.00 bits per heavy atom. The Kier molecular flexibility index (Phi) is 6.37. The van der Waals surface area contributed by atoms with Crippen molar-refractivity contribution in [1.29, 1.82) is 0 Å². The Balaban J connectivity index is 2.48. The Bertz CT molecular complexity index is 670. The van der Waals surface area contributed by atoms with E-state index in [9.17, 15) is 4.79 Å². The first-order valence-electron chi connectivity index (χ1n) is 7.67. The maximum atomic E-state index is 13.1. The summed E-state index contributed by atoms with van der Waals surface area (Å²) < 4.78 is 3.87. The zero-order valence-corrected chi connectivity index (χ0v) is 14.5. The molecular weight excluding hydrogens is 329 g/mol. The van der Waals surface area contributed by atoms with Crippen LogP contribution in [0.1, 0.15) is 42.1 Å². The minimum Gasteiger partial charge on any atom is -0.292 e. The fourth-order valence-corrected chi connectivity index (χ4v) is 3.20. The Morgan fingerprint density at radius 1 is 1.00 bits per heavy atom. The number of carbonyl (C=O) groups is 1. The van der Waals surface area contributed by atoms with Gasteiger partial charge in [-0.1, -0.05) is 80.4 Å². The van der Waals surface area contributed by atoms with Gasteiger partial charge in [-0.25, -0.2) is 0 Å². The van der Waals surface area contributed by atoms with E-state index in [2.05, 4.69) is 11.4 Å². The number of nitrogens with zero attached hydrogens (tertiary/aromatic N) is 1. The Morgan fingerprint density at radius 2 is 1.52 bits per heavy atom. The van der Waals surface area contributed by atoms with E-state index in [1.807, 2.05) is 48.5 Å². The van der Waals surface area contributed by atoms with Gasteiger partial charge in [-0.05, 0) is 12.0 Å². The summed E-state index contributed by atoms with van der Waals surface area (Å²) in [5, 5.41) is 0. The van der Waals surface area contributed by atoms with Gasteiger partial charge in [0.05, 0.1) is 5.71 Å². The number of ketones is 1. The molecule has 0 saturated carbocycles. The highest BCUT2D eigenvalue weighted by molar-refractivity contribution is 6.53. The number of halogens is 2. The number of benzene rings is 2. The van der Waals surface area contributed by atoms with E-state index in [1.165, 1.54) is 0 Å². The highest BCUT2D eigenvalue weighted by Crippen LogP contribution is 2.32. The minimum absolute atomic E-state index is 0.170. The SMILES string of the molecule is CCCCC(Cl)(C(=O)c1ccccc1)/C(=N/Cl)c1ccccc1. The maximum absolute atomic E-state index is 13.1. The van der Waals surface area contributed by atoms with Crippen LogP contribution in [0.25, 0.3) is 0 Å². The van der Waals surface area contributed by atoms with E-state index in [0.717, 1.165) is 18.4 Å². The molecule has 2 aromatic rings. The molecule has 0 spiro atoms. The third kappa shape index (κ3) is 4.01. The molecule has 0 aliphatic heterocycles. The number of carbonyl (C=O) groups excluding carboxylic acids is 1. The van der Waals surface area contributed by atoms with Gasteiger partial charge in [0.1, 0.15) is 0 Å². The lowest BCUT2D eigenvalue weighted by atomic mass is 9.84. The fourth-order valence-electron chi connectivity index (χ4n) is 2.52. The van der Waals surface area contributed by atoms with Crippen LogP contribution in [-0.4, -0.2) is 16.4 Å². The maximum Gasteiger partial charge on any atom is 0.189 e. The smallest absolute Gasteiger partial charge is 0.189 e. The van der Waals surface area contributed by atoms with Crippen LogP contribution in [0, 0.1) is 0 Å². The van der Waals surface area contributed by atoms with Crippen molar-refractivity contribution in [3.05, 3.63) is 71.8 Å². The molecule has 0 radical (unpaired) electrons. The summed E-state index contributed by atoms with van der Waals surface area (Å²) in [7, 11) is 0. The second-order valence-corrected chi connectivity index (χ2v) is 6.21. The molecule has 0 amide bonds. The lowest BCUT2D eigenvalue weighted by Gasteiger charge is -2.27. The number of hydrogen-bond acceptors (Lipinski definition) is 2. The molecule has 0 heterocycles.